The van der Waals surface area contributed by atoms with Gasteiger partial charge in [-0.3, -0.25) is 4.90 Å². The number of aliphatic hydroxyl groups is 1. The molecule has 0 aliphatic carbocycles. The van der Waals surface area contributed by atoms with Gasteiger partial charge in [0.25, 0.3) is 0 Å². The van der Waals surface area contributed by atoms with E-state index >= 15 is 0 Å². The lowest BCUT2D eigenvalue weighted by Crippen LogP contribution is -2.45. The minimum absolute atomic E-state index is 0.0454. The van der Waals surface area contributed by atoms with Crippen molar-refractivity contribution in [3.8, 4) is 5.75 Å². The SMILES string of the molecule is CN(CCOc1ccc(Cl)cc1)[C@H](CO)C(C)(C)C. The Morgan fingerprint density at radius 1 is 1.26 bits per heavy atom. The molecule has 0 heterocycles. The third-order valence-corrected chi connectivity index (χ3v) is 3.48. The molecule has 1 aromatic carbocycles. The number of aliphatic hydroxyl groups excluding tert-OH is 1. The maximum atomic E-state index is 9.48. The Labute approximate surface area is 121 Å². The Bertz CT molecular complexity index is 373. The molecule has 1 rings (SSSR count). The van der Waals surface area contributed by atoms with Crippen molar-refractivity contribution in [3.63, 3.8) is 0 Å². The molecular formula is C15H24ClNO2. The fourth-order valence-corrected chi connectivity index (χ4v) is 2.19. The largest absolute Gasteiger partial charge is 0.492 e. The predicted octanol–water partition coefficient (Wildman–Crippen LogP) is 3.06. The van der Waals surface area contributed by atoms with Crippen LogP contribution >= 0.6 is 11.6 Å². The molecule has 1 N–H and O–H groups in total. The van der Waals surface area contributed by atoms with Crippen molar-refractivity contribution in [2.45, 2.75) is 26.8 Å². The topological polar surface area (TPSA) is 32.7 Å². The maximum Gasteiger partial charge on any atom is 0.119 e. The van der Waals surface area contributed by atoms with E-state index in [0.717, 1.165) is 12.3 Å². The van der Waals surface area contributed by atoms with Crippen LogP contribution in [0.2, 0.25) is 5.02 Å². The first-order valence-electron chi connectivity index (χ1n) is 6.54. The van der Waals surface area contributed by atoms with Gasteiger partial charge in [-0.25, -0.2) is 0 Å². The van der Waals surface area contributed by atoms with Gasteiger partial charge in [0.2, 0.25) is 0 Å². The number of hydrogen-bond donors (Lipinski definition) is 1. The van der Waals surface area contributed by atoms with Gasteiger partial charge in [0.05, 0.1) is 6.61 Å². The van der Waals surface area contributed by atoms with Crippen molar-refractivity contribution in [2.24, 2.45) is 5.41 Å². The van der Waals surface area contributed by atoms with Crippen molar-refractivity contribution < 1.29 is 9.84 Å². The fourth-order valence-electron chi connectivity index (χ4n) is 2.07. The summed E-state index contributed by atoms with van der Waals surface area (Å²) in [7, 11) is 2.01. The molecule has 0 aliphatic rings. The van der Waals surface area contributed by atoms with Crippen LogP contribution in [0.25, 0.3) is 0 Å². The first-order chi connectivity index (χ1) is 8.84. The average Bonchev–Trinajstić information content (AvgIpc) is 2.30. The molecule has 3 nitrogen and oxygen atoms in total. The van der Waals surface area contributed by atoms with Crippen LogP contribution < -0.4 is 4.74 Å². The normalized spacial score (nSPS) is 13.6. The quantitative estimate of drug-likeness (QED) is 0.872. The molecule has 0 aromatic heterocycles. The fraction of sp³-hybridized carbons (Fsp3) is 0.600. The Morgan fingerprint density at radius 3 is 2.32 bits per heavy atom. The summed E-state index contributed by atoms with van der Waals surface area (Å²) in [4.78, 5) is 2.13. The molecule has 0 spiro atoms. The van der Waals surface area contributed by atoms with Crippen LogP contribution in [0.15, 0.2) is 24.3 Å². The Balaban J connectivity index is 2.41. The van der Waals surface area contributed by atoms with Crippen LogP contribution in [0.5, 0.6) is 5.75 Å². The van der Waals surface area contributed by atoms with Gasteiger partial charge >= 0.3 is 0 Å². The Morgan fingerprint density at radius 2 is 1.84 bits per heavy atom. The van der Waals surface area contributed by atoms with Gasteiger partial charge in [-0.1, -0.05) is 32.4 Å². The second-order valence-electron chi connectivity index (χ2n) is 5.85. The highest BCUT2D eigenvalue weighted by atomic mass is 35.5. The van der Waals surface area contributed by atoms with Gasteiger partial charge in [0.15, 0.2) is 0 Å². The van der Waals surface area contributed by atoms with Crippen LogP contribution in [-0.2, 0) is 0 Å². The van der Waals surface area contributed by atoms with Gasteiger partial charge in [-0.15, -0.1) is 0 Å². The molecule has 1 aromatic rings. The lowest BCUT2D eigenvalue weighted by atomic mass is 9.86. The first-order valence-corrected chi connectivity index (χ1v) is 6.92. The zero-order valence-corrected chi connectivity index (χ0v) is 12.9. The monoisotopic (exact) mass is 285 g/mol. The molecule has 0 bridgehead atoms. The second kappa shape index (κ2) is 7.13. The highest BCUT2D eigenvalue weighted by Crippen LogP contribution is 2.23. The molecule has 0 radical (unpaired) electrons. The molecule has 0 aliphatic heterocycles. The van der Waals surface area contributed by atoms with E-state index in [1.165, 1.54) is 0 Å². The first kappa shape index (κ1) is 16.3. The lowest BCUT2D eigenvalue weighted by molar-refractivity contribution is 0.0575. The molecule has 108 valence electrons. The van der Waals surface area contributed by atoms with Crippen LogP contribution in [0.4, 0.5) is 0 Å². The van der Waals surface area contributed by atoms with Crippen LogP contribution in [0.1, 0.15) is 20.8 Å². The molecule has 0 fully saturated rings. The second-order valence-corrected chi connectivity index (χ2v) is 6.28. The van der Waals surface area contributed by atoms with E-state index in [9.17, 15) is 5.11 Å². The molecule has 4 heteroatoms. The summed E-state index contributed by atoms with van der Waals surface area (Å²) in [5, 5.41) is 10.2. The number of benzene rings is 1. The van der Waals surface area contributed by atoms with Crippen LogP contribution in [-0.4, -0.2) is 42.9 Å². The number of likely N-dealkylation sites (N-methyl/N-ethyl adjacent to an activating group) is 1. The molecule has 0 amide bonds. The average molecular weight is 286 g/mol. The van der Waals surface area contributed by atoms with E-state index in [1.807, 2.05) is 31.3 Å². The van der Waals surface area contributed by atoms with Gasteiger partial charge in [0.1, 0.15) is 12.4 Å². The van der Waals surface area contributed by atoms with Crippen molar-refractivity contribution in [2.75, 3.05) is 26.8 Å². The molecule has 0 saturated carbocycles. The van der Waals surface area contributed by atoms with Gasteiger partial charge in [-0.2, -0.15) is 0 Å². The molecule has 0 saturated heterocycles. The van der Waals surface area contributed by atoms with E-state index in [0.29, 0.717) is 11.6 Å². The summed E-state index contributed by atoms with van der Waals surface area (Å²) in [6, 6.07) is 7.46. The summed E-state index contributed by atoms with van der Waals surface area (Å²) < 4.78 is 5.66. The van der Waals surface area contributed by atoms with Crippen molar-refractivity contribution in [3.05, 3.63) is 29.3 Å². The molecular weight excluding hydrogens is 262 g/mol. The van der Waals surface area contributed by atoms with Gasteiger partial charge in [0, 0.05) is 17.6 Å². The minimum Gasteiger partial charge on any atom is -0.492 e. The van der Waals surface area contributed by atoms with Gasteiger partial charge in [-0.05, 0) is 36.7 Å². The van der Waals surface area contributed by atoms with Crippen molar-refractivity contribution in [1.29, 1.82) is 0 Å². The summed E-state index contributed by atoms with van der Waals surface area (Å²) in [5.74, 6) is 0.814. The van der Waals surface area contributed by atoms with E-state index in [2.05, 4.69) is 25.7 Å². The standard InChI is InChI=1S/C15H24ClNO2/c1-15(2,3)14(11-18)17(4)9-10-19-13-7-5-12(16)6-8-13/h5-8,14,18H,9-11H2,1-4H3/t14-/m1/s1. The smallest absolute Gasteiger partial charge is 0.119 e. The van der Waals surface area contributed by atoms with E-state index in [1.54, 1.807) is 0 Å². The number of hydrogen-bond acceptors (Lipinski definition) is 3. The third kappa shape index (κ3) is 5.39. The summed E-state index contributed by atoms with van der Waals surface area (Å²) in [5.41, 5.74) is 0.0454. The van der Waals surface area contributed by atoms with Crippen molar-refractivity contribution >= 4 is 11.6 Å². The Hall–Kier alpha value is -0.770. The highest BCUT2D eigenvalue weighted by molar-refractivity contribution is 6.30. The third-order valence-electron chi connectivity index (χ3n) is 3.23. The summed E-state index contributed by atoms with van der Waals surface area (Å²) in [6.07, 6.45) is 0. The number of rotatable bonds is 6. The number of ether oxygens (including phenoxy) is 1. The lowest BCUT2D eigenvalue weighted by Gasteiger charge is -2.36. The highest BCUT2D eigenvalue weighted by Gasteiger charge is 2.27. The van der Waals surface area contributed by atoms with Crippen molar-refractivity contribution in [1.82, 2.24) is 4.90 Å². The molecule has 19 heavy (non-hydrogen) atoms. The van der Waals surface area contributed by atoms with Crippen LogP contribution in [0.3, 0.4) is 0 Å². The predicted molar refractivity (Wildman–Crippen MR) is 79.9 cm³/mol. The number of nitrogens with zero attached hydrogens (tertiary/aromatic N) is 1. The van der Waals surface area contributed by atoms with E-state index in [4.69, 9.17) is 16.3 Å². The minimum atomic E-state index is 0.0454. The summed E-state index contributed by atoms with van der Waals surface area (Å²) in [6.45, 7) is 7.90. The van der Waals surface area contributed by atoms with Crippen LogP contribution in [0, 0.1) is 5.41 Å². The van der Waals surface area contributed by atoms with E-state index in [-0.39, 0.29) is 18.1 Å². The Kier molecular flexibility index (Phi) is 6.11. The van der Waals surface area contributed by atoms with E-state index < -0.39 is 0 Å². The zero-order chi connectivity index (χ0) is 14.5. The number of halogens is 1. The molecule has 0 unspecified atom stereocenters. The maximum absolute atomic E-state index is 9.48. The zero-order valence-electron chi connectivity index (χ0n) is 12.2. The molecule has 1 atom stereocenters. The summed E-state index contributed by atoms with van der Waals surface area (Å²) >= 11 is 5.82. The van der Waals surface area contributed by atoms with Gasteiger partial charge < -0.3 is 9.84 Å².